The third-order valence-electron chi connectivity index (χ3n) is 5.38. The summed E-state index contributed by atoms with van der Waals surface area (Å²) in [6, 6.07) is 8.97. The Morgan fingerprint density at radius 2 is 2.13 bits per heavy atom. The van der Waals surface area contributed by atoms with Crippen LogP contribution in [0.5, 0.6) is 5.88 Å². The number of carbonyl (C=O) groups excluding carboxylic acids is 1. The zero-order valence-corrected chi connectivity index (χ0v) is 16.8. The average Bonchev–Trinajstić information content (AvgIpc) is 3.44. The van der Waals surface area contributed by atoms with Crippen LogP contribution in [0.4, 0.5) is 4.39 Å². The average molecular weight is 421 g/mol. The van der Waals surface area contributed by atoms with E-state index in [2.05, 4.69) is 15.4 Å². The molecule has 0 spiro atoms. The number of amides is 1. The number of ether oxygens (including phenoxy) is 1. The van der Waals surface area contributed by atoms with Gasteiger partial charge >= 0.3 is 0 Å². The highest BCUT2D eigenvalue weighted by Crippen LogP contribution is 2.39. The summed E-state index contributed by atoms with van der Waals surface area (Å²) in [7, 11) is 1.63. The lowest BCUT2D eigenvalue weighted by atomic mass is 10.1. The molecule has 0 saturated heterocycles. The molecule has 31 heavy (non-hydrogen) atoms. The Kier molecular flexibility index (Phi) is 5.40. The van der Waals surface area contributed by atoms with E-state index in [0.29, 0.717) is 12.2 Å². The highest BCUT2D eigenvalue weighted by molar-refractivity contribution is 5.94. The van der Waals surface area contributed by atoms with E-state index in [1.54, 1.807) is 19.2 Å². The SMILES string of the molecule is COCCC1(NC(=O)c2ccc(-n3ncc(-c4ccc(C#N)cc4F)c3O)nc2)CC1. The molecule has 3 aromatic rings. The van der Waals surface area contributed by atoms with Gasteiger partial charge in [0.2, 0.25) is 5.88 Å². The van der Waals surface area contributed by atoms with Crippen LogP contribution < -0.4 is 5.32 Å². The lowest BCUT2D eigenvalue weighted by Gasteiger charge is -2.16. The molecule has 1 aliphatic carbocycles. The van der Waals surface area contributed by atoms with E-state index in [1.165, 1.54) is 24.5 Å². The molecule has 2 heterocycles. The van der Waals surface area contributed by atoms with Gasteiger partial charge in [0.25, 0.3) is 5.91 Å². The minimum atomic E-state index is -0.642. The van der Waals surface area contributed by atoms with Gasteiger partial charge in [-0.2, -0.15) is 15.0 Å². The Labute approximate surface area is 177 Å². The first kappa shape index (κ1) is 20.5. The lowest BCUT2D eigenvalue weighted by Crippen LogP contribution is -2.37. The van der Waals surface area contributed by atoms with Crippen molar-refractivity contribution in [2.24, 2.45) is 0 Å². The van der Waals surface area contributed by atoms with Gasteiger partial charge in [0.05, 0.1) is 29.0 Å². The number of nitrogens with zero attached hydrogens (tertiary/aromatic N) is 4. The summed E-state index contributed by atoms with van der Waals surface area (Å²) in [6.45, 7) is 0.582. The zero-order chi connectivity index (χ0) is 22.0. The zero-order valence-electron chi connectivity index (χ0n) is 16.8. The summed E-state index contributed by atoms with van der Waals surface area (Å²) in [6.07, 6.45) is 5.32. The van der Waals surface area contributed by atoms with Crippen molar-refractivity contribution in [3.05, 3.63) is 59.7 Å². The van der Waals surface area contributed by atoms with Gasteiger partial charge < -0.3 is 15.2 Å². The van der Waals surface area contributed by atoms with Gasteiger partial charge in [-0.1, -0.05) is 0 Å². The summed E-state index contributed by atoms with van der Waals surface area (Å²) >= 11 is 0. The summed E-state index contributed by atoms with van der Waals surface area (Å²) in [5.74, 6) is -0.895. The van der Waals surface area contributed by atoms with E-state index in [0.717, 1.165) is 30.0 Å². The molecule has 0 atom stereocenters. The van der Waals surface area contributed by atoms with Gasteiger partial charge in [0.15, 0.2) is 5.82 Å². The van der Waals surface area contributed by atoms with Crippen LogP contribution in [0.2, 0.25) is 0 Å². The van der Waals surface area contributed by atoms with Crippen LogP contribution in [0.3, 0.4) is 0 Å². The van der Waals surface area contributed by atoms with Crippen molar-refractivity contribution in [3.8, 4) is 28.9 Å². The molecule has 1 aromatic carbocycles. The smallest absolute Gasteiger partial charge is 0.253 e. The van der Waals surface area contributed by atoms with E-state index in [4.69, 9.17) is 10.00 Å². The van der Waals surface area contributed by atoms with Crippen molar-refractivity contribution >= 4 is 5.91 Å². The maximum atomic E-state index is 14.3. The van der Waals surface area contributed by atoms with E-state index >= 15 is 0 Å². The molecule has 8 nitrogen and oxygen atoms in total. The number of halogens is 1. The standard InChI is InChI=1S/C22H20FN5O3/c1-31-9-8-22(6-7-22)27-20(29)15-3-5-19(25-12-15)28-21(30)17(13-26-28)16-4-2-14(11-24)10-18(16)23/h2-5,10,12-13,30H,6-9H2,1H3,(H,27,29). The van der Waals surface area contributed by atoms with Crippen molar-refractivity contribution in [1.29, 1.82) is 5.26 Å². The Hall–Kier alpha value is -3.77. The van der Waals surface area contributed by atoms with Crippen LogP contribution in [0.15, 0.2) is 42.7 Å². The molecule has 0 radical (unpaired) electrons. The van der Waals surface area contributed by atoms with E-state index < -0.39 is 5.82 Å². The normalized spacial score (nSPS) is 14.1. The highest BCUT2D eigenvalue weighted by Gasteiger charge is 2.43. The van der Waals surface area contributed by atoms with Gasteiger partial charge in [-0.25, -0.2) is 9.37 Å². The fourth-order valence-corrected chi connectivity index (χ4v) is 3.35. The molecule has 4 rings (SSSR count). The molecule has 1 fully saturated rings. The van der Waals surface area contributed by atoms with Gasteiger partial charge in [-0.15, -0.1) is 0 Å². The second-order valence-electron chi connectivity index (χ2n) is 7.48. The topological polar surface area (TPSA) is 113 Å². The lowest BCUT2D eigenvalue weighted by molar-refractivity contribution is 0.0916. The molecule has 1 saturated carbocycles. The molecule has 158 valence electrons. The molecular weight excluding hydrogens is 401 g/mol. The molecule has 0 unspecified atom stereocenters. The first-order valence-corrected chi connectivity index (χ1v) is 9.71. The molecular formula is C22H20FN5O3. The number of hydrogen-bond donors (Lipinski definition) is 2. The van der Waals surface area contributed by atoms with Crippen molar-refractivity contribution < 1.29 is 19.0 Å². The minimum absolute atomic E-state index is 0.115. The summed E-state index contributed by atoms with van der Waals surface area (Å²) in [4.78, 5) is 16.7. The van der Waals surface area contributed by atoms with Gasteiger partial charge in [0, 0.05) is 31.0 Å². The van der Waals surface area contributed by atoms with Crippen LogP contribution >= 0.6 is 0 Å². The minimum Gasteiger partial charge on any atom is -0.493 e. The molecule has 2 N–H and O–H groups in total. The van der Waals surface area contributed by atoms with Crippen LogP contribution in [-0.2, 0) is 4.74 Å². The fraction of sp³-hybridized carbons (Fsp3) is 0.273. The quantitative estimate of drug-likeness (QED) is 0.606. The maximum Gasteiger partial charge on any atom is 0.253 e. The Bertz CT molecular complexity index is 1160. The fourth-order valence-electron chi connectivity index (χ4n) is 3.35. The van der Waals surface area contributed by atoms with E-state index in [9.17, 15) is 14.3 Å². The monoisotopic (exact) mass is 421 g/mol. The van der Waals surface area contributed by atoms with Gasteiger partial charge in [0.1, 0.15) is 5.82 Å². The molecule has 1 amide bonds. The largest absolute Gasteiger partial charge is 0.493 e. The predicted octanol–water partition coefficient (Wildman–Crippen LogP) is 2.95. The number of benzene rings is 1. The molecule has 0 aliphatic heterocycles. The van der Waals surface area contributed by atoms with Crippen molar-refractivity contribution in [2.45, 2.75) is 24.8 Å². The first-order valence-electron chi connectivity index (χ1n) is 9.71. The molecule has 2 aromatic heterocycles. The van der Waals surface area contributed by atoms with Crippen molar-refractivity contribution in [2.75, 3.05) is 13.7 Å². The summed E-state index contributed by atoms with van der Waals surface area (Å²) in [5.41, 5.74) is 0.645. The maximum absolute atomic E-state index is 14.3. The number of aromatic nitrogens is 3. The number of hydrogen-bond acceptors (Lipinski definition) is 6. The second kappa shape index (κ2) is 8.16. The molecule has 0 bridgehead atoms. The Balaban J connectivity index is 1.53. The Morgan fingerprint density at radius 1 is 1.32 bits per heavy atom. The number of rotatable bonds is 7. The number of methoxy groups -OCH3 is 1. The number of aromatic hydroxyl groups is 1. The number of pyridine rings is 1. The Morgan fingerprint density at radius 3 is 2.74 bits per heavy atom. The summed E-state index contributed by atoms with van der Waals surface area (Å²) < 4.78 is 20.6. The number of carbonyl (C=O) groups is 1. The van der Waals surface area contributed by atoms with E-state index in [1.807, 2.05) is 6.07 Å². The van der Waals surface area contributed by atoms with Gasteiger partial charge in [-0.05, 0) is 49.6 Å². The number of nitrogens with one attached hydrogen (secondary N) is 1. The molecule has 9 heteroatoms. The summed E-state index contributed by atoms with van der Waals surface area (Å²) in [5, 5.41) is 26.5. The third-order valence-corrected chi connectivity index (χ3v) is 5.38. The van der Waals surface area contributed by atoms with Crippen LogP contribution in [0.1, 0.15) is 35.2 Å². The first-order chi connectivity index (χ1) is 15.0. The van der Waals surface area contributed by atoms with Crippen LogP contribution in [0, 0.1) is 17.1 Å². The van der Waals surface area contributed by atoms with Crippen molar-refractivity contribution in [3.63, 3.8) is 0 Å². The van der Waals surface area contributed by atoms with Crippen LogP contribution in [-0.4, -0.2) is 45.0 Å². The predicted molar refractivity (Wildman–Crippen MR) is 109 cm³/mol. The van der Waals surface area contributed by atoms with Gasteiger partial charge in [-0.3, -0.25) is 4.79 Å². The molecule has 1 aliphatic rings. The second-order valence-corrected chi connectivity index (χ2v) is 7.48. The van der Waals surface area contributed by atoms with Crippen molar-refractivity contribution in [1.82, 2.24) is 20.1 Å². The van der Waals surface area contributed by atoms with E-state index in [-0.39, 0.29) is 39.8 Å². The third kappa shape index (κ3) is 4.11. The van der Waals surface area contributed by atoms with Crippen LogP contribution in [0.25, 0.3) is 16.9 Å². The number of nitriles is 1. The highest BCUT2D eigenvalue weighted by atomic mass is 19.1.